The zero-order chi connectivity index (χ0) is 22.1. The lowest BCUT2D eigenvalue weighted by Gasteiger charge is -2.16. The first-order valence-corrected chi connectivity index (χ1v) is 9.85. The molecule has 4 rings (SSSR count). The Bertz CT molecular complexity index is 1310. The number of hydrogen-bond donors (Lipinski definition) is 4. The number of rotatable bonds is 5. The van der Waals surface area contributed by atoms with Gasteiger partial charge in [-0.2, -0.15) is 0 Å². The number of ether oxygens (including phenoxy) is 1. The third-order valence-corrected chi connectivity index (χ3v) is 5.32. The standard InChI is InChI=1S/C22H19ClN4O4/c1-11-17(20(28)26-24-11)19(18-12(2)25-27-21(18)29)13-6-8-16(9-7-13)31-22(30)14-4-3-5-15(23)10-14/h3-10,19H,1-2H3,(H2,24,26,28)(H2,25,27,29). The first-order valence-electron chi connectivity index (χ1n) is 9.47. The largest absolute Gasteiger partial charge is 0.423 e. The first-order chi connectivity index (χ1) is 14.8. The van der Waals surface area contributed by atoms with Crippen LogP contribution in [0.1, 0.15) is 44.4 Å². The predicted molar refractivity (Wildman–Crippen MR) is 116 cm³/mol. The van der Waals surface area contributed by atoms with Crippen molar-refractivity contribution in [3.63, 3.8) is 0 Å². The summed E-state index contributed by atoms with van der Waals surface area (Å²) in [6.07, 6.45) is 0. The topological polar surface area (TPSA) is 124 Å². The number of aromatic amines is 4. The fourth-order valence-corrected chi connectivity index (χ4v) is 3.78. The third-order valence-electron chi connectivity index (χ3n) is 5.09. The molecule has 158 valence electrons. The number of halogens is 1. The molecule has 4 N–H and O–H groups in total. The van der Waals surface area contributed by atoms with Gasteiger partial charge in [0.25, 0.3) is 11.1 Å². The molecule has 0 fully saturated rings. The van der Waals surface area contributed by atoms with E-state index in [4.69, 9.17) is 16.3 Å². The van der Waals surface area contributed by atoms with Crippen LogP contribution in [0.2, 0.25) is 5.02 Å². The van der Waals surface area contributed by atoms with Crippen molar-refractivity contribution in [2.24, 2.45) is 0 Å². The van der Waals surface area contributed by atoms with E-state index in [1.54, 1.807) is 56.3 Å². The number of aromatic nitrogens is 4. The molecular formula is C22H19ClN4O4. The molecule has 0 unspecified atom stereocenters. The molecule has 0 radical (unpaired) electrons. The minimum Gasteiger partial charge on any atom is -0.423 e. The van der Waals surface area contributed by atoms with Crippen LogP contribution in [-0.4, -0.2) is 26.4 Å². The first kappa shape index (κ1) is 20.5. The van der Waals surface area contributed by atoms with E-state index in [9.17, 15) is 14.4 Å². The van der Waals surface area contributed by atoms with Crippen molar-refractivity contribution in [2.45, 2.75) is 19.8 Å². The Morgan fingerprint density at radius 2 is 1.45 bits per heavy atom. The van der Waals surface area contributed by atoms with E-state index < -0.39 is 11.9 Å². The van der Waals surface area contributed by atoms with Gasteiger partial charge in [0.05, 0.1) is 16.7 Å². The molecule has 31 heavy (non-hydrogen) atoms. The molecule has 0 bridgehead atoms. The fourth-order valence-electron chi connectivity index (χ4n) is 3.59. The monoisotopic (exact) mass is 438 g/mol. The Morgan fingerprint density at radius 1 is 0.871 bits per heavy atom. The average molecular weight is 439 g/mol. The molecule has 0 spiro atoms. The summed E-state index contributed by atoms with van der Waals surface area (Å²) in [7, 11) is 0. The van der Waals surface area contributed by atoms with Gasteiger partial charge in [0.2, 0.25) is 0 Å². The highest BCUT2D eigenvalue weighted by molar-refractivity contribution is 6.30. The lowest BCUT2D eigenvalue weighted by molar-refractivity contribution is 0.0734. The van der Waals surface area contributed by atoms with Crippen molar-refractivity contribution in [2.75, 3.05) is 0 Å². The predicted octanol–water partition coefficient (Wildman–Crippen LogP) is 3.39. The molecule has 2 aromatic heterocycles. The van der Waals surface area contributed by atoms with Crippen LogP contribution in [0.15, 0.2) is 58.1 Å². The SMILES string of the molecule is Cc1[nH][nH]c(=O)c1C(c1ccc(OC(=O)c2cccc(Cl)c2)cc1)c1c(C)[nH][nH]c1=O. The van der Waals surface area contributed by atoms with Crippen LogP contribution < -0.4 is 15.9 Å². The number of H-pyrrole nitrogens is 4. The summed E-state index contributed by atoms with van der Waals surface area (Å²) in [6.45, 7) is 3.52. The Hall–Kier alpha value is -3.78. The molecule has 0 amide bonds. The molecule has 2 heterocycles. The average Bonchev–Trinajstić information content (AvgIpc) is 3.25. The van der Waals surface area contributed by atoms with Crippen LogP contribution in [0.3, 0.4) is 0 Å². The van der Waals surface area contributed by atoms with Gasteiger partial charge in [-0.25, -0.2) is 4.79 Å². The summed E-state index contributed by atoms with van der Waals surface area (Å²) in [5, 5.41) is 11.2. The van der Waals surface area contributed by atoms with Gasteiger partial charge in [0.1, 0.15) is 5.75 Å². The van der Waals surface area contributed by atoms with Crippen LogP contribution in [-0.2, 0) is 0 Å². The van der Waals surface area contributed by atoms with Crippen molar-refractivity contribution >= 4 is 17.6 Å². The molecule has 0 atom stereocenters. The molecule has 4 aromatic rings. The maximum atomic E-state index is 12.5. The van der Waals surface area contributed by atoms with E-state index in [2.05, 4.69) is 20.4 Å². The van der Waals surface area contributed by atoms with Gasteiger partial charge in [-0.15, -0.1) is 0 Å². The minimum absolute atomic E-state index is 0.307. The maximum absolute atomic E-state index is 12.5. The van der Waals surface area contributed by atoms with E-state index in [-0.39, 0.29) is 11.1 Å². The zero-order valence-electron chi connectivity index (χ0n) is 16.7. The van der Waals surface area contributed by atoms with Crippen molar-refractivity contribution in [1.29, 1.82) is 0 Å². The van der Waals surface area contributed by atoms with E-state index in [1.165, 1.54) is 6.07 Å². The maximum Gasteiger partial charge on any atom is 0.343 e. The summed E-state index contributed by atoms with van der Waals surface area (Å²) < 4.78 is 5.42. The number of carbonyl (C=O) groups excluding carboxylic acids is 1. The number of hydrogen-bond acceptors (Lipinski definition) is 4. The van der Waals surface area contributed by atoms with Gasteiger partial charge >= 0.3 is 5.97 Å². The number of nitrogens with one attached hydrogen (secondary N) is 4. The van der Waals surface area contributed by atoms with Crippen molar-refractivity contribution in [1.82, 2.24) is 20.4 Å². The molecular weight excluding hydrogens is 420 g/mol. The Balaban J connectivity index is 1.70. The number of benzene rings is 2. The van der Waals surface area contributed by atoms with Crippen molar-refractivity contribution in [3.05, 3.63) is 108 Å². The van der Waals surface area contributed by atoms with Crippen molar-refractivity contribution < 1.29 is 9.53 Å². The highest BCUT2D eigenvalue weighted by Gasteiger charge is 2.28. The highest BCUT2D eigenvalue weighted by atomic mass is 35.5. The Kier molecular flexibility index (Phi) is 5.39. The fraction of sp³-hybridized carbons (Fsp3) is 0.136. The van der Waals surface area contributed by atoms with Crippen LogP contribution >= 0.6 is 11.6 Å². The summed E-state index contributed by atoms with van der Waals surface area (Å²) in [6, 6.07) is 13.2. The van der Waals surface area contributed by atoms with Crippen LogP contribution in [0, 0.1) is 13.8 Å². The van der Waals surface area contributed by atoms with Gasteiger partial charge in [-0.1, -0.05) is 29.8 Å². The van der Waals surface area contributed by atoms with Crippen LogP contribution in [0.4, 0.5) is 0 Å². The van der Waals surface area contributed by atoms with Gasteiger partial charge in [-0.05, 0) is 49.7 Å². The number of aryl methyl sites for hydroxylation is 2. The third kappa shape index (κ3) is 3.97. The molecule has 0 saturated carbocycles. The van der Waals surface area contributed by atoms with Crippen LogP contribution in [0.25, 0.3) is 0 Å². The lowest BCUT2D eigenvalue weighted by Crippen LogP contribution is -2.20. The Labute approximate surface area is 181 Å². The van der Waals surface area contributed by atoms with E-state index in [0.29, 0.717) is 44.4 Å². The molecule has 0 aliphatic heterocycles. The summed E-state index contributed by atoms with van der Waals surface area (Å²) in [5.74, 6) is -0.822. The minimum atomic E-state index is -0.609. The normalized spacial score (nSPS) is 11.1. The van der Waals surface area contributed by atoms with Gasteiger partial charge < -0.3 is 14.9 Å². The molecule has 0 saturated heterocycles. The smallest absolute Gasteiger partial charge is 0.343 e. The quantitative estimate of drug-likeness (QED) is 0.281. The van der Waals surface area contributed by atoms with Gasteiger partial charge in [0.15, 0.2) is 0 Å². The second-order valence-corrected chi connectivity index (χ2v) is 7.57. The Morgan fingerprint density at radius 3 is 1.94 bits per heavy atom. The number of carbonyl (C=O) groups is 1. The molecule has 9 heteroatoms. The summed E-state index contributed by atoms with van der Waals surface area (Å²) >= 11 is 5.93. The van der Waals surface area contributed by atoms with Gasteiger partial charge in [-0.3, -0.25) is 19.8 Å². The summed E-state index contributed by atoms with van der Waals surface area (Å²) in [4.78, 5) is 37.3. The second kappa shape index (κ2) is 8.16. The second-order valence-electron chi connectivity index (χ2n) is 7.14. The molecule has 8 nitrogen and oxygen atoms in total. The van der Waals surface area contributed by atoms with Crippen molar-refractivity contribution in [3.8, 4) is 5.75 Å². The molecule has 0 aliphatic rings. The summed E-state index contributed by atoms with van der Waals surface area (Å²) in [5.41, 5.74) is 2.56. The molecule has 2 aromatic carbocycles. The lowest BCUT2D eigenvalue weighted by atomic mass is 9.85. The highest BCUT2D eigenvalue weighted by Crippen LogP contribution is 2.32. The number of esters is 1. The zero-order valence-corrected chi connectivity index (χ0v) is 17.5. The van der Waals surface area contributed by atoms with E-state index in [0.717, 1.165) is 0 Å². The van der Waals surface area contributed by atoms with Crippen LogP contribution in [0.5, 0.6) is 5.75 Å². The molecule has 0 aliphatic carbocycles. The van der Waals surface area contributed by atoms with E-state index in [1.807, 2.05) is 0 Å². The van der Waals surface area contributed by atoms with E-state index >= 15 is 0 Å². The van der Waals surface area contributed by atoms with Gasteiger partial charge in [0, 0.05) is 22.3 Å².